The topological polar surface area (TPSA) is 85.8 Å². The monoisotopic (exact) mass is 427 g/mol. The quantitative estimate of drug-likeness (QED) is 0.481. The number of anilines is 1. The molecule has 0 radical (unpaired) electrons. The lowest BCUT2D eigenvalue weighted by Crippen LogP contribution is -2.22. The van der Waals surface area contributed by atoms with Gasteiger partial charge in [-0.15, -0.1) is 0 Å². The predicted octanol–water partition coefficient (Wildman–Crippen LogP) is 4.05. The normalized spacial score (nSPS) is 13.1. The lowest BCUT2D eigenvalue weighted by atomic mass is 10.0. The van der Waals surface area contributed by atoms with E-state index in [9.17, 15) is 4.79 Å². The van der Waals surface area contributed by atoms with E-state index in [1.54, 1.807) is 11.3 Å². The van der Waals surface area contributed by atoms with Gasteiger partial charge < -0.3 is 15.6 Å². The van der Waals surface area contributed by atoms with Gasteiger partial charge in [0.25, 0.3) is 5.91 Å². The molecule has 7 heteroatoms. The summed E-state index contributed by atoms with van der Waals surface area (Å²) in [5.41, 5.74) is 11.3. The van der Waals surface area contributed by atoms with Crippen molar-refractivity contribution < 1.29 is 4.79 Å². The number of benzene rings is 1. The molecule has 1 amide bonds. The molecule has 31 heavy (non-hydrogen) atoms. The van der Waals surface area contributed by atoms with Crippen LogP contribution in [0.15, 0.2) is 47.5 Å². The van der Waals surface area contributed by atoms with Crippen LogP contribution in [0.25, 0.3) is 11.0 Å². The minimum atomic E-state index is -0.114. The van der Waals surface area contributed by atoms with Gasteiger partial charge in [0.1, 0.15) is 17.8 Å². The van der Waals surface area contributed by atoms with E-state index in [1.165, 1.54) is 6.33 Å². The van der Waals surface area contributed by atoms with Crippen molar-refractivity contribution in [3.05, 3.63) is 75.4 Å². The molecule has 0 aliphatic heterocycles. The molecule has 0 atom stereocenters. The van der Waals surface area contributed by atoms with Gasteiger partial charge in [0.05, 0.1) is 10.9 Å². The number of carbonyl (C=O) groups is 1. The molecule has 3 aromatic heterocycles. The van der Waals surface area contributed by atoms with Crippen LogP contribution in [0.5, 0.6) is 0 Å². The van der Waals surface area contributed by atoms with Gasteiger partial charge >= 0.3 is 0 Å². The van der Waals surface area contributed by atoms with E-state index >= 15 is 0 Å². The Bertz CT molecular complexity index is 1340. The molecule has 1 aliphatic carbocycles. The second-order valence-electron chi connectivity index (χ2n) is 7.73. The fourth-order valence-electron chi connectivity index (χ4n) is 3.54. The molecule has 0 saturated heterocycles. The van der Waals surface area contributed by atoms with Crippen molar-refractivity contribution in [2.45, 2.75) is 32.4 Å². The summed E-state index contributed by atoms with van der Waals surface area (Å²) in [7, 11) is 0. The number of aromatic nitrogens is 3. The summed E-state index contributed by atoms with van der Waals surface area (Å²) < 4.78 is 2.15. The highest BCUT2D eigenvalue weighted by Crippen LogP contribution is 2.39. The number of nitrogens with two attached hydrogens (primary N) is 1. The lowest BCUT2D eigenvalue weighted by molar-refractivity contribution is 0.0951. The number of rotatable bonds is 4. The molecule has 1 saturated carbocycles. The molecule has 4 aromatic rings. The number of carbonyl (C=O) groups excluding carboxylic acids is 1. The number of aryl methyl sites for hydroxylation is 1. The fraction of sp³-hybridized carbons (Fsp3) is 0.208. The Kier molecular flexibility index (Phi) is 4.92. The molecule has 154 valence electrons. The summed E-state index contributed by atoms with van der Waals surface area (Å²) in [5.74, 6) is 6.80. The third-order valence-electron chi connectivity index (χ3n) is 5.44. The van der Waals surface area contributed by atoms with E-state index in [1.807, 2.05) is 48.1 Å². The Morgan fingerprint density at radius 2 is 2.10 bits per heavy atom. The minimum Gasteiger partial charge on any atom is -0.383 e. The van der Waals surface area contributed by atoms with Crippen molar-refractivity contribution in [2.75, 3.05) is 5.73 Å². The Hall–Kier alpha value is -3.63. The number of hydrogen-bond donors (Lipinski definition) is 2. The van der Waals surface area contributed by atoms with Gasteiger partial charge in [0, 0.05) is 29.9 Å². The Balaban J connectivity index is 1.45. The van der Waals surface area contributed by atoms with Gasteiger partial charge in [-0.05, 0) is 59.9 Å². The van der Waals surface area contributed by atoms with Crippen LogP contribution < -0.4 is 11.1 Å². The predicted molar refractivity (Wildman–Crippen MR) is 123 cm³/mol. The average Bonchev–Trinajstić information content (AvgIpc) is 3.34. The number of nitrogens with one attached hydrogen (secondary N) is 1. The highest BCUT2D eigenvalue weighted by molar-refractivity contribution is 7.07. The highest BCUT2D eigenvalue weighted by atomic mass is 32.1. The van der Waals surface area contributed by atoms with E-state index in [4.69, 9.17) is 5.73 Å². The van der Waals surface area contributed by atoms with Crippen molar-refractivity contribution in [1.29, 1.82) is 0 Å². The van der Waals surface area contributed by atoms with Crippen molar-refractivity contribution >= 4 is 34.1 Å². The highest BCUT2D eigenvalue weighted by Gasteiger charge is 2.27. The molecular weight excluding hydrogens is 406 g/mol. The number of nitrogens with zero attached hydrogens (tertiary/aromatic N) is 3. The molecular formula is C24H21N5OS. The van der Waals surface area contributed by atoms with E-state index in [-0.39, 0.29) is 5.91 Å². The van der Waals surface area contributed by atoms with E-state index in [0.717, 1.165) is 46.1 Å². The van der Waals surface area contributed by atoms with Crippen LogP contribution in [-0.4, -0.2) is 20.4 Å². The van der Waals surface area contributed by atoms with Crippen LogP contribution in [0.4, 0.5) is 5.82 Å². The number of hydrogen-bond acceptors (Lipinski definition) is 5. The van der Waals surface area contributed by atoms with Crippen LogP contribution in [0.1, 0.15) is 51.5 Å². The average molecular weight is 428 g/mol. The second kappa shape index (κ2) is 7.89. The fourth-order valence-corrected chi connectivity index (χ4v) is 4.21. The number of thiophene rings is 1. The maximum absolute atomic E-state index is 12.6. The van der Waals surface area contributed by atoms with Gasteiger partial charge in [-0.3, -0.25) is 4.79 Å². The third-order valence-corrected chi connectivity index (χ3v) is 6.18. The molecule has 1 fully saturated rings. The van der Waals surface area contributed by atoms with E-state index in [0.29, 0.717) is 24.0 Å². The zero-order valence-electron chi connectivity index (χ0n) is 17.1. The van der Waals surface area contributed by atoms with Crippen molar-refractivity contribution in [2.24, 2.45) is 0 Å². The van der Waals surface area contributed by atoms with Gasteiger partial charge in [-0.1, -0.05) is 17.9 Å². The maximum Gasteiger partial charge on any atom is 0.251 e. The smallest absolute Gasteiger partial charge is 0.251 e. The van der Waals surface area contributed by atoms with Gasteiger partial charge in [0.15, 0.2) is 0 Å². The molecule has 1 aliphatic rings. The van der Waals surface area contributed by atoms with Crippen LogP contribution in [0.2, 0.25) is 0 Å². The van der Waals surface area contributed by atoms with Gasteiger partial charge in [0.2, 0.25) is 0 Å². The zero-order valence-corrected chi connectivity index (χ0v) is 17.9. The summed E-state index contributed by atoms with van der Waals surface area (Å²) in [6.07, 6.45) is 5.80. The van der Waals surface area contributed by atoms with Crippen LogP contribution in [-0.2, 0) is 6.54 Å². The Labute approximate surface area is 184 Å². The first-order valence-electron chi connectivity index (χ1n) is 10.1. The maximum atomic E-state index is 12.6. The van der Waals surface area contributed by atoms with Crippen molar-refractivity contribution in [3.8, 4) is 11.8 Å². The molecule has 5 rings (SSSR count). The number of fused-ring (bicyclic) bond motifs is 1. The first-order chi connectivity index (χ1) is 15.1. The van der Waals surface area contributed by atoms with Crippen LogP contribution in [0.3, 0.4) is 0 Å². The molecule has 3 heterocycles. The summed E-state index contributed by atoms with van der Waals surface area (Å²) in [5, 5.41) is 7.78. The van der Waals surface area contributed by atoms with E-state index < -0.39 is 0 Å². The largest absolute Gasteiger partial charge is 0.383 e. The summed E-state index contributed by atoms with van der Waals surface area (Å²) >= 11 is 1.62. The first kappa shape index (κ1) is 19.3. The molecule has 6 nitrogen and oxygen atoms in total. The van der Waals surface area contributed by atoms with Gasteiger partial charge in [-0.25, -0.2) is 9.97 Å². The molecule has 0 bridgehead atoms. The Morgan fingerprint density at radius 3 is 2.87 bits per heavy atom. The van der Waals surface area contributed by atoms with Crippen molar-refractivity contribution in [1.82, 2.24) is 19.9 Å². The molecule has 0 spiro atoms. The molecule has 1 aromatic carbocycles. The second-order valence-corrected chi connectivity index (χ2v) is 8.51. The van der Waals surface area contributed by atoms with Crippen LogP contribution in [0, 0.1) is 18.8 Å². The first-order valence-corrected chi connectivity index (χ1v) is 11.1. The molecule has 0 unspecified atom stereocenters. The lowest BCUT2D eigenvalue weighted by Gasteiger charge is -2.06. The SMILES string of the molecule is Cc1ccc(C(=O)NCc2ccsc2)cc1C#Cc1cn(C2CC2)c2ncnc(N)c12. The van der Waals surface area contributed by atoms with Crippen molar-refractivity contribution in [3.63, 3.8) is 0 Å². The summed E-state index contributed by atoms with van der Waals surface area (Å²) in [4.78, 5) is 21.2. The molecule has 3 N–H and O–H groups in total. The zero-order chi connectivity index (χ0) is 21.4. The summed E-state index contributed by atoms with van der Waals surface area (Å²) in [6, 6.07) is 8.06. The third kappa shape index (κ3) is 3.90. The van der Waals surface area contributed by atoms with Gasteiger partial charge in [-0.2, -0.15) is 11.3 Å². The minimum absolute atomic E-state index is 0.114. The summed E-state index contributed by atoms with van der Waals surface area (Å²) in [6.45, 7) is 2.50. The number of nitrogen functional groups attached to an aromatic ring is 1. The van der Waals surface area contributed by atoms with E-state index in [2.05, 4.69) is 31.7 Å². The standard InChI is InChI=1S/C24H21N5OS/c1-15-2-3-18(24(30)26-11-16-8-9-31-13-16)10-17(15)4-5-19-12-29(20-6-7-20)23-21(19)22(25)27-14-28-23/h2-3,8-10,12-14,20H,6-7,11H2,1H3,(H,26,30)(H2,25,27,28). The Morgan fingerprint density at radius 1 is 1.26 bits per heavy atom. The van der Waals surface area contributed by atoms with Crippen LogP contribution >= 0.6 is 11.3 Å². The number of amides is 1.